The summed E-state index contributed by atoms with van der Waals surface area (Å²) in [6.07, 6.45) is 2.42. The second-order valence-corrected chi connectivity index (χ2v) is 5.42. The molecular formula is C13H18BrNO. The fourth-order valence-corrected chi connectivity index (χ4v) is 2.89. The summed E-state index contributed by atoms with van der Waals surface area (Å²) in [6.45, 7) is 2.92. The standard InChI is InChI=1S/C13H18BrNO/c1-10(9-16-2)15-13(7-8-13)11-5-3-4-6-12(11)14/h3-6,10,15H,7-9H2,1-2H3. The summed E-state index contributed by atoms with van der Waals surface area (Å²) in [6, 6.07) is 8.85. The van der Waals surface area contributed by atoms with E-state index in [9.17, 15) is 0 Å². The highest BCUT2D eigenvalue weighted by molar-refractivity contribution is 9.10. The molecule has 1 aliphatic rings. The van der Waals surface area contributed by atoms with Gasteiger partial charge in [-0.05, 0) is 31.4 Å². The maximum Gasteiger partial charge on any atom is 0.0613 e. The molecule has 2 nitrogen and oxygen atoms in total. The highest BCUT2D eigenvalue weighted by atomic mass is 79.9. The Morgan fingerprint density at radius 3 is 2.69 bits per heavy atom. The van der Waals surface area contributed by atoms with Gasteiger partial charge in [-0.3, -0.25) is 0 Å². The minimum Gasteiger partial charge on any atom is -0.383 e. The van der Waals surface area contributed by atoms with Crippen LogP contribution in [0.25, 0.3) is 0 Å². The van der Waals surface area contributed by atoms with Gasteiger partial charge in [-0.1, -0.05) is 34.1 Å². The first-order chi connectivity index (χ1) is 7.68. The molecule has 1 aromatic rings. The van der Waals surface area contributed by atoms with E-state index < -0.39 is 0 Å². The topological polar surface area (TPSA) is 21.3 Å². The van der Waals surface area contributed by atoms with E-state index in [0.717, 1.165) is 6.61 Å². The van der Waals surface area contributed by atoms with Crippen LogP contribution in [0.3, 0.4) is 0 Å². The lowest BCUT2D eigenvalue weighted by molar-refractivity contribution is 0.164. The SMILES string of the molecule is COCC(C)NC1(c2ccccc2Br)CC1. The molecule has 1 aromatic carbocycles. The molecule has 1 N–H and O–H groups in total. The van der Waals surface area contributed by atoms with Crippen molar-refractivity contribution in [3.8, 4) is 0 Å². The molecule has 16 heavy (non-hydrogen) atoms. The molecule has 0 saturated heterocycles. The van der Waals surface area contributed by atoms with Crippen LogP contribution in [0.15, 0.2) is 28.7 Å². The van der Waals surface area contributed by atoms with Gasteiger partial charge in [0, 0.05) is 23.2 Å². The zero-order valence-corrected chi connectivity index (χ0v) is 11.4. The van der Waals surface area contributed by atoms with Crippen molar-refractivity contribution >= 4 is 15.9 Å². The number of hydrogen-bond acceptors (Lipinski definition) is 2. The predicted octanol–water partition coefficient (Wildman–Crippen LogP) is 3.06. The summed E-state index contributed by atoms with van der Waals surface area (Å²) >= 11 is 3.63. The zero-order valence-electron chi connectivity index (χ0n) is 9.79. The van der Waals surface area contributed by atoms with E-state index in [1.165, 1.54) is 22.9 Å². The zero-order chi connectivity index (χ0) is 11.6. The van der Waals surface area contributed by atoms with E-state index in [0.29, 0.717) is 6.04 Å². The number of methoxy groups -OCH3 is 1. The number of hydrogen-bond donors (Lipinski definition) is 1. The number of nitrogens with one attached hydrogen (secondary N) is 1. The van der Waals surface area contributed by atoms with Crippen molar-refractivity contribution in [2.45, 2.75) is 31.3 Å². The number of ether oxygens (including phenoxy) is 1. The Bertz CT molecular complexity index is 363. The van der Waals surface area contributed by atoms with E-state index >= 15 is 0 Å². The fraction of sp³-hybridized carbons (Fsp3) is 0.538. The Hall–Kier alpha value is -0.380. The summed E-state index contributed by atoms with van der Waals surface area (Å²) in [5, 5.41) is 3.67. The fourth-order valence-electron chi connectivity index (χ4n) is 2.23. The van der Waals surface area contributed by atoms with Crippen molar-refractivity contribution in [3.63, 3.8) is 0 Å². The third-order valence-corrected chi connectivity index (χ3v) is 3.77. The van der Waals surface area contributed by atoms with Crippen LogP contribution in [0, 0.1) is 0 Å². The van der Waals surface area contributed by atoms with Gasteiger partial charge in [0.05, 0.1) is 6.61 Å². The second kappa shape index (κ2) is 4.86. The van der Waals surface area contributed by atoms with Crippen molar-refractivity contribution in [2.75, 3.05) is 13.7 Å². The molecular weight excluding hydrogens is 266 g/mol. The van der Waals surface area contributed by atoms with Crippen molar-refractivity contribution in [1.29, 1.82) is 0 Å². The van der Waals surface area contributed by atoms with E-state index in [1.54, 1.807) is 7.11 Å². The van der Waals surface area contributed by atoms with Crippen LogP contribution in [0.2, 0.25) is 0 Å². The first-order valence-corrected chi connectivity index (χ1v) is 6.49. The molecule has 0 bridgehead atoms. The molecule has 1 unspecified atom stereocenters. The third kappa shape index (κ3) is 2.47. The average molecular weight is 284 g/mol. The van der Waals surface area contributed by atoms with Crippen LogP contribution in [0.5, 0.6) is 0 Å². The lowest BCUT2D eigenvalue weighted by Gasteiger charge is -2.23. The van der Waals surface area contributed by atoms with Crippen LogP contribution in [0.4, 0.5) is 0 Å². The van der Waals surface area contributed by atoms with Crippen molar-refractivity contribution < 1.29 is 4.74 Å². The lowest BCUT2D eigenvalue weighted by Crippen LogP contribution is -2.39. The van der Waals surface area contributed by atoms with Crippen LogP contribution >= 0.6 is 15.9 Å². The van der Waals surface area contributed by atoms with Gasteiger partial charge in [0.1, 0.15) is 0 Å². The largest absolute Gasteiger partial charge is 0.383 e. The van der Waals surface area contributed by atoms with E-state index in [1.807, 2.05) is 0 Å². The first-order valence-electron chi connectivity index (χ1n) is 5.69. The van der Waals surface area contributed by atoms with Gasteiger partial charge in [0.2, 0.25) is 0 Å². The number of rotatable bonds is 5. The highest BCUT2D eigenvalue weighted by Gasteiger charge is 2.45. The smallest absolute Gasteiger partial charge is 0.0613 e. The molecule has 1 saturated carbocycles. The molecule has 0 aliphatic heterocycles. The lowest BCUT2D eigenvalue weighted by atomic mass is 10.0. The monoisotopic (exact) mass is 283 g/mol. The van der Waals surface area contributed by atoms with Gasteiger partial charge in [-0.25, -0.2) is 0 Å². The Kier molecular flexibility index (Phi) is 3.67. The quantitative estimate of drug-likeness (QED) is 0.897. The molecule has 0 heterocycles. The molecule has 88 valence electrons. The summed E-state index contributed by atoms with van der Waals surface area (Å²) in [5.41, 5.74) is 1.55. The molecule has 0 amide bonds. The van der Waals surface area contributed by atoms with Crippen molar-refractivity contribution in [3.05, 3.63) is 34.3 Å². The molecule has 1 atom stereocenters. The number of benzene rings is 1. The first kappa shape index (κ1) is 12.1. The van der Waals surface area contributed by atoms with Crippen molar-refractivity contribution in [1.82, 2.24) is 5.32 Å². The van der Waals surface area contributed by atoms with Gasteiger partial charge in [-0.2, -0.15) is 0 Å². The molecule has 0 radical (unpaired) electrons. The van der Waals surface area contributed by atoms with E-state index in [4.69, 9.17) is 4.74 Å². The maximum absolute atomic E-state index is 5.17. The van der Waals surface area contributed by atoms with Gasteiger partial charge < -0.3 is 10.1 Å². The summed E-state index contributed by atoms with van der Waals surface area (Å²) in [7, 11) is 1.75. The van der Waals surface area contributed by atoms with Gasteiger partial charge >= 0.3 is 0 Å². The minimum absolute atomic E-state index is 0.179. The van der Waals surface area contributed by atoms with Gasteiger partial charge in [0.25, 0.3) is 0 Å². The van der Waals surface area contributed by atoms with Crippen LogP contribution in [0.1, 0.15) is 25.3 Å². The molecule has 1 fully saturated rings. The second-order valence-electron chi connectivity index (χ2n) is 4.56. The molecule has 0 spiro atoms. The van der Waals surface area contributed by atoms with E-state index in [-0.39, 0.29) is 5.54 Å². The Morgan fingerprint density at radius 2 is 2.12 bits per heavy atom. The third-order valence-electron chi connectivity index (χ3n) is 3.08. The predicted molar refractivity (Wildman–Crippen MR) is 69.5 cm³/mol. The van der Waals surface area contributed by atoms with Crippen molar-refractivity contribution in [2.24, 2.45) is 0 Å². The van der Waals surface area contributed by atoms with E-state index in [2.05, 4.69) is 52.4 Å². The van der Waals surface area contributed by atoms with Gasteiger partial charge in [0.15, 0.2) is 0 Å². The highest BCUT2D eigenvalue weighted by Crippen LogP contribution is 2.48. The summed E-state index contributed by atoms with van der Waals surface area (Å²) < 4.78 is 6.37. The molecule has 1 aliphatic carbocycles. The Morgan fingerprint density at radius 1 is 1.44 bits per heavy atom. The van der Waals surface area contributed by atoms with Gasteiger partial charge in [-0.15, -0.1) is 0 Å². The molecule has 3 heteroatoms. The Balaban J connectivity index is 2.11. The van der Waals surface area contributed by atoms with Crippen LogP contribution in [-0.2, 0) is 10.3 Å². The normalized spacial score (nSPS) is 19.4. The minimum atomic E-state index is 0.179. The van der Waals surface area contributed by atoms with Crippen LogP contribution in [-0.4, -0.2) is 19.8 Å². The maximum atomic E-state index is 5.17. The molecule has 0 aromatic heterocycles. The number of halogens is 1. The Labute approximate surface area is 106 Å². The molecule has 2 rings (SSSR count). The summed E-state index contributed by atoms with van der Waals surface area (Å²) in [5.74, 6) is 0. The van der Waals surface area contributed by atoms with Crippen LogP contribution < -0.4 is 5.32 Å². The average Bonchev–Trinajstić information content (AvgIpc) is 2.99. The summed E-state index contributed by atoms with van der Waals surface area (Å²) in [4.78, 5) is 0.